The number of hydrogen-bond donors (Lipinski definition) is 1. The molecule has 0 unspecified atom stereocenters. The van der Waals surface area contributed by atoms with Gasteiger partial charge in [-0.3, -0.25) is 4.79 Å². The van der Waals surface area contributed by atoms with E-state index in [0.717, 1.165) is 23.5 Å². The van der Waals surface area contributed by atoms with Crippen LogP contribution in [0.25, 0.3) is 11.4 Å². The van der Waals surface area contributed by atoms with Crippen molar-refractivity contribution >= 4 is 11.7 Å². The first-order valence-electron chi connectivity index (χ1n) is 9.88. The van der Waals surface area contributed by atoms with Gasteiger partial charge in [0.1, 0.15) is 11.9 Å². The van der Waals surface area contributed by atoms with E-state index >= 15 is 0 Å². The Balaban J connectivity index is 1.53. The van der Waals surface area contributed by atoms with Crippen molar-refractivity contribution in [1.29, 1.82) is 0 Å². The molecule has 0 radical (unpaired) electrons. The number of nitrogens with zero attached hydrogens (tertiary/aromatic N) is 3. The zero-order valence-electron chi connectivity index (χ0n) is 16.4. The monoisotopic (exact) mass is 388 g/mol. The van der Waals surface area contributed by atoms with Gasteiger partial charge in [0.25, 0.3) is 5.91 Å². The van der Waals surface area contributed by atoms with Crippen LogP contribution in [0.3, 0.4) is 0 Å². The number of carbonyl (C=O) groups is 1. The van der Waals surface area contributed by atoms with Gasteiger partial charge in [-0.1, -0.05) is 42.5 Å². The highest BCUT2D eigenvalue weighted by Gasteiger charge is 2.26. The van der Waals surface area contributed by atoms with E-state index < -0.39 is 0 Å². The lowest BCUT2D eigenvalue weighted by atomic mass is 10.1. The van der Waals surface area contributed by atoms with Crippen molar-refractivity contribution in [3.05, 3.63) is 78.0 Å². The van der Waals surface area contributed by atoms with Crippen LogP contribution < -0.4 is 5.32 Å². The predicted octanol–water partition coefficient (Wildman–Crippen LogP) is 3.79. The van der Waals surface area contributed by atoms with E-state index in [-0.39, 0.29) is 12.0 Å². The van der Waals surface area contributed by atoms with Crippen molar-refractivity contribution in [1.82, 2.24) is 14.9 Å². The van der Waals surface area contributed by atoms with Crippen LogP contribution >= 0.6 is 0 Å². The van der Waals surface area contributed by atoms with Crippen LogP contribution in [0.15, 0.2) is 66.9 Å². The Morgan fingerprint density at radius 2 is 2.03 bits per heavy atom. The van der Waals surface area contributed by atoms with Crippen LogP contribution in [0.4, 0.5) is 5.82 Å². The van der Waals surface area contributed by atoms with E-state index in [2.05, 4.69) is 15.3 Å². The van der Waals surface area contributed by atoms with Crippen LogP contribution in [0.1, 0.15) is 28.9 Å². The molecular weight excluding hydrogens is 364 g/mol. The maximum atomic E-state index is 13.1. The first-order valence-corrected chi connectivity index (χ1v) is 9.88. The minimum Gasteiger partial charge on any atom is -0.370 e. The summed E-state index contributed by atoms with van der Waals surface area (Å²) in [4.78, 5) is 23.9. The summed E-state index contributed by atoms with van der Waals surface area (Å²) in [7, 11) is 0. The van der Waals surface area contributed by atoms with Crippen LogP contribution in [0, 0.1) is 0 Å². The van der Waals surface area contributed by atoms with Crippen molar-refractivity contribution in [2.45, 2.75) is 13.0 Å². The number of hydrogen-bond acceptors (Lipinski definition) is 5. The average molecular weight is 388 g/mol. The molecule has 2 heterocycles. The number of carbonyl (C=O) groups excluding carboxylic acids is 1. The number of aromatic nitrogens is 2. The molecule has 0 saturated carbocycles. The molecule has 29 heavy (non-hydrogen) atoms. The van der Waals surface area contributed by atoms with E-state index in [9.17, 15) is 4.79 Å². The van der Waals surface area contributed by atoms with Gasteiger partial charge in [-0.05, 0) is 30.7 Å². The lowest BCUT2D eigenvalue weighted by molar-refractivity contribution is -0.0228. The maximum Gasteiger partial charge on any atom is 0.254 e. The Labute approximate surface area is 170 Å². The maximum absolute atomic E-state index is 13.1. The van der Waals surface area contributed by atoms with Crippen LogP contribution in [-0.2, 0) is 4.74 Å². The van der Waals surface area contributed by atoms with Crippen molar-refractivity contribution in [3.63, 3.8) is 0 Å². The second-order valence-corrected chi connectivity index (χ2v) is 6.90. The fraction of sp³-hybridized carbons (Fsp3) is 0.261. The number of nitrogens with one attached hydrogen (secondary N) is 1. The van der Waals surface area contributed by atoms with Crippen molar-refractivity contribution < 1.29 is 9.53 Å². The predicted molar refractivity (Wildman–Crippen MR) is 113 cm³/mol. The molecule has 1 fully saturated rings. The highest BCUT2D eigenvalue weighted by Crippen LogP contribution is 2.24. The first kappa shape index (κ1) is 19.1. The van der Waals surface area contributed by atoms with E-state index in [1.165, 1.54) is 0 Å². The molecule has 2 aromatic carbocycles. The van der Waals surface area contributed by atoms with Crippen LogP contribution in [-0.4, -0.2) is 47.0 Å². The Bertz CT molecular complexity index is 977. The number of anilines is 1. The molecule has 0 aliphatic carbocycles. The Hall–Kier alpha value is -3.25. The highest BCUT2D eigenvalue weighted by atomic mass is 16.5. The van der Waals surface area contributed by atoms with Crippen molar-refractivity contribution in [3.8, 4) is 11.4 Å². The molecule has 0 spiro atoms. The Kier molecular flexibility index (Phi) is 5.81. The number of morpholine rings is 1. The molecule has 1 aliphatic heterocycles. The van der Waals surface area contributed by atoms with E-state index in [1.807, 2.05) is 72.5 Å². The minimum absolute atomic E-state index is 0.00100. The summed E-state index contributed by atoms with van der Waals surface area (Å²) in [5.41, 5.74) is 2.55. The van der Waals surface area contributed by atoms with Gasteiger partial charge in [-0.25, -0.2) is 9.97 Å². The zero-order valence-corrected chi connectivity index (χ0v) is 16.4. The average Bonchev–Trinajstić information content (AvgIpc) is 2.80. The summed E-state index contributed by atoms with van der Waals surface area (Å²) >= 11 is 0. The second-order valence-electron chi connectivity index (χ2n) is 6.90. The molecule has 6 nitrogen and oxygen atoms in total. The van der Waals surface area contributed by atoms with Gasteiger partial charge in [0.15, 0.2) is 5.82 Å². The third kappa shape index (κ3) is 4.43. The highest BCUT2D eigenvalue weighted by molar-refractivity contribution is 5.95. The summed E-state index contributed by atoms with van der Waals surface area (Å²) in [5.74, 6) is 1.37. The molecule has 1 aromatic heterocycles. The normalized spacial score (nSPS) is 16.4. The molecule has 1 saturated heterocycles. The van der Waals surface area contributed by atoms with Gasteiger partial charge in [0.2, 0.25) is 0 Å². The Morgan fingerprint density at radius 3 is 2.86 bits per heavy atom. The Morgan fingerprint density at radius 1 is 1.17 bits per heavy atom. The molecule has 0 bridgehead atoms. The van der Waals surface area contributed by atoms with Gasteiger partial charge >= 0.3 is 0 Å². The summed E-state index contributed by atoms with van der Waals surface area (Å²) in [6, 6.07) is 19.4. The second kappa shape index (κ2) is 8.84. The van der Waals surface area contributed by atoms with Gasteiger partial charge < -0.3 is 15.0 Å². The van der Waals surface area contributed by atoms with E-state index in [0.29, 0.717) is 31.1 Å². The zero-order chi connectivity index (χ0) is 20.1. The summed E-state index contributed by atoms with van der Waals surface area (Å²) < 4.78 is 5.89. The van der Waals surface area contributed by atoms with Gasteiger partial charge in [-0.2, -0.15) is 0 Å². The molecule has 6 heteroatoms. The van der Waals surface area contributed by atoms with Crippen molar-refractivity contribution in [2.24, 2.45) is 0 Å². The van der Waals surface area contributed by atoms with Crippen LogP contribution in [0.2, 0.25) is 0 Å². The van der Waals surface area contributed by atoms with Gasteiger partial charge in [-0.15, -0.1) is 0 Å². The quantitative estimate of drug-likeness (QED) is 0.720. The fourth-order valence-electron chi connectivity index (χ4n) is 3.45. The third-order valence-electron chi connectivity index (χ3n) is 4.91. The number of ether oxygens (including phenoxy) is 1. The van der Waals surface area contributed by atoms with E-state index in [4.69, 9.17) is 4.74 Å². The number of rotatable bonds is 5. The molecule has 1 amide bonds. The standard InChI is InChI=1S/C23H24N4O2/c1-2-24-21-11-12-25-22(26-21)18-9-6-10-19(15-18)23(28)27-13-14-29-20(16-27)17-7-4-3-5-8-17/h3-12,15,20H,2,13-14,16H2,1H3,(H,24,25,26)/t20-/m0/s1. The first-order chi connectivity index (χ1) is 14.2. The summed E-state index contributed by atoms with van der Waals surface area (Å²) in [6.45, 7) is 4.46. The van der Waals surface area contributed by atoms with E-state index in [1.54, 1.807) is 6.20 Å². The largest absolute Gasteiger partial charge is 0.370 e. The lowest BCUT2D eigenvalue weighted by Gasteiger charge is -2.33. The van der Waals surface area contributed by atoms with Crippen molar-refractivity contribution in [2.75, 3.05) is 31.6 Å². The SMILES string of the molecule is CCNc1ccnc(-c2cccc(C(=O)N3CCO[C@H](c4ccccc4)C3)c2)n1. The van der Waals surface area contributed by atoms with Gasteiger partial charge in [0, 0.05) is 30.4 Å². The van der Waals surface area contributed by atoms with Gasteiger partial charge in [0.05, 0.1) is 13.2 Å². The molecule has 1 aliphatic rings. The van der Waals surface area contributed by atoms with Crippen LogP contribution in [0.5, 0.6) is 0 Å². The number of amides is 1. The lowest BCUT2D eigenvalue weighted by Crippen LogP contribution is -2.42. The number of benzene rings is 2. The smallest absolute Gasteiger partial charge is 0.254 e. The molecule has 1 atom stereocenters. The fourth-order valence-corrected chi connectivity index (χ4v) is 3.45. The molecule has 3 aromatic rings. The topological polar surface area (TPSA) is 67.4 Å². The summed E-state index contributed by atoms with van der Waals surface area (Å²) in [6.07, 6.45) is 1.62. The molecule has 1 N–H and O–H groups in total. The molecular formula is C23H24N4O2. The molecule has 4 rings (SSSR count). The molecule has 148 valence electrons. The minimum atomic E-state index is -0.0998. The third-order valence-corrected chi connectivity index (χ3v) is 4.91. The summed E-state index contributed by atoms with van der Waals surface area (Å²) in [5, 5.41) is 3.19.